The molecule has 1 aromatic heterocycles. The van der Waals surface area contributed by atoms with Crippen LogP contribution in [0.2, 0.25) is 10.2 Å². The Labute approximate surface area is 124 Å². The van der Waals surface area contributed by atoms with Crippen LogP contribution in [0.15, 0.2) is 35.1 Å². The molecule has 1 atom stereocenters. The van der Waals surface area contributed by atoms with Gasteiger partial charge in [-0.2, -0.15) is 0 Å². The van der Waals surface area contributed by atoms with E-state index in [1.54, 1.807) is 0 Å². The van der Waals surface area contributed by atoms with E-state index in [4.69, 9.17) is 23.2 Å². The second-order valence-electron chi connectivity index (χ2n) is 3.75. The summed E-state index contributed by atoms with van der Waals surface area (Å²) in [6.45, 7) is 2.02. The normalized spacial score (nSPS) is 12.2. The summed E-state index contributed by atoms with van der Waals surface area (Å²) in [5, 5.41) is 4.34. The molecule has 1 N–H and O–H groups in total. The minimum atomic E-state index is 0.0611. The zero-order valence-corrected chi connectivity index (χ0v) is 12.6. The maximum atomic E-state index is 5.96. The van der Waals surface area contributed by atoms with E-state index in [0.29, 0.717) is 20.5 Å². The van der Waals surface area contributed by atoms with Gasteiger partial charge in [0.2, 0.25) is 0 Å². The van der Waals surface area contributed by atoms with E-state index in [2.05, 4.69) is 31.2 Å². The Kier molecular flexibility index (Phi) is 4.43. The summed E-state index contributed by atoms with van der Waals surface area (Å²) in [4.78, 5) is 8.02. The Balaban J connectivity index is 2.21. The van der Waals surface area contributed by atoms with E-state index in [9.17, 15) is 0 Å². The van der Waals surface area contributed by atoms with Crippen molar-refractivity contribution in [1.29, 1.82) is 0 Å². The van der Waals surface area contributed by atoms with Gasteiger partial charge in [-0.1, -0.05) is 35.3 Å². The first-order valence-corrected chi connectivity index (χ1v) is 6.81. The van der Waals surface area contributed by atoms with Gasteiger partial charge in [0.05, 0.1) is 10.5 Å². The minimum Gasteiger partial charge on any atom is -0.362 e. The minimum absolute atomic E-state index is 0.0611. The Morgan fingerprint density at radius 2 is 2.06 bits per heavy atom. The molecule has 0 aliphatic rings. The second kappa shape index (κ2) is 5.87. The molecule has 6 heteroatoms. The van der Waals surface area contributed by atoms with Crippen molar-refractivity contribution in [2.75, 3.05) is 5.32 Å². The van der Waals surface area contributed by atoms with Gasteiger partial charge < -0.3 is 5.32 Å². The summed E-state index contributed by atoms with van der Waals surface area (Å²) in [5.74, 6) is 0.655. The molecule has 0 amide bonds. The van der Waals surface area contributed by atoms with E-state index in [1.165, 1.54) is 6.33 Å². The summed E-state index contributed by atoms with van der Waals surface area (Å²) < 4.78 is 0.653. The summed E-state index contributed by atoms with van der Waals surface area (Å²) >= 11 is 15.2. The summed E-state index contributed by atoms with van der Waals surface area (Å²) in [6, 6.07) is 7.73. The molecule has 0 bridgehead atoms. The molecule has 1 aromatic carbocycles. The van der Waals surface area contributed by atoms with Crippen LogP contribution in [0.25, 0.3) is 0 Å². The Morgan fingerprint density at radius 1 is 1.28 bits per heavy atom. The number of nitrogens with zero attached hydrogens (tertiary/aromatic N) is 2. The van der Waals surface area contributed by atoms with Crippen LogP contribution < -0.4 is 5.32 Å². The molecule has 0 saturated heterocycles. The van der Waals surface area contributed by atoms with Crippen LogP contribution in [0.1, 0.15) is 18.5 Å². The van der Waals surface area contributed by atoms with Crippen LogP contribution >= 0.6 is 39.1 Å². The lowest BCUT2D eigenvalue weighted by atomic mass is 10.1. The SMILES string of the molecule is CC(Nc1ncnc(Cl)c1Br)c1cccc(Cl)c1. The smallest absolute Gasteiger partial charge is 0.148 e. The standard InChI is InChI=1S/C12H10BrCl2N3/c1-7(8-3-2-4-9(14)5-8)18-12-10(13)11(15)16-6-17-12/h2-7H,1H3,(H,16,17,18). The largest absolute Gasteiger partial charge is 0.362 e. The van der Waals surface area contributed by atoms with E-state index < -0.39 is 0 Å². The number of halogens is 3. The lowest BCUT2D eigenvalue weighted by molar-refractivity contribution is 0.870. The van der Waals surface area contributed by atoms with Crippen LogP contribution in [0, 0.1) is 0 Å². The van der Waals surface area contributed by atoms with Crippen molar-refractivity contribution in [3.8, 4) is 0 Å². The van der Waals surface area contributed by atoms with Gasteiger partial charge in [0, 0.05) is 5.02 Å². The van der Waals surface area contributed by atoms with Crippen LogP contribution in [-0.4, -0.2) is 9.97 Å². The zero-order chi connectivity index (χ0) is 13.1. The predicted molar refractivity (Wildman–Crippen MR) is 78.2 cm³/mol. The van der Waals surface area contributed by atoms with Crippen molar-refractivity contribution in [2.24, 2.45) is 0 Å². The molecule has 94 valence electrons. The maximum Gasteiger partial charge on any atom is 0.148 e. The second-order valence-corrected chi connectivity index (χ2v) is 5.34. The molecular weight excluding hydrogens is 337 g/mol. The maximum absolute atomic E-state index is 5.96. The van der Waals surface area contributed by atoms with Gasteiger partial charge in [-0.25, -0.2) is 9.97 Å². The Bertz CT molecular complexity index is 563. The number of anilines is 1. The number of benzene rings is 1. The Hall–Kier alpha value is -0.840. The highest BCUT2D eigenvalue weighted by Crippen LogP contribution is 2.29. The van der Waals surface area contributed by atoms with Crippen LogP contribution in [-0.2, 0) is 0 Å². The average Bonchev–Trinajstić information content (AvgIpc) is 2.35. The van der Waals surface area contributed by atoms with Gasteiger partial charge in [-0.05, 0) is 40.5 Å². The van der Waals surface area contributed by atoms with Crippen molar-refractivity contribution in [2.45, 2.75) is 13.0 Å². The van der Waals surface area contributed by atoms with Crippen molar-refractivity contribution in [1.82, 2.24) is 9.97 Å². The first-order valence-electron chi connectivity index (χ1n) is 5.26. The first-order chi connectivity index (χ1) is 8.58. The average molecular weight is 347 g/mol. The van der Waals surface area contributed by atoms with Gasteiger partial charge in [0.25, 0.3) is 0 Å². The van der Waals surface area contributed by atoms with Crippen LogP contribution in [0.5, 0.6) is 0 Å². The third-order valence-electron chi connectivity index (χ3n) is 2.45. The van der Waals surface area contributed by atoms with Crippen LogP contribution in [0.4, 0.5) is 5.82 Å². The molecule has 2 rings (SSSR count). The third kappa shape index (κ3) is 3.13. The molecular formula is C12H10BrCl2N3. The lowest BCUT2D eigenvalue weighted by Gasteiger charge is -2.16. The summed E-state index contributed by atoms with van der Waals surface area (Å²) in [6.07, 6.45) is 1.42. The monoisotopic (exact) mass is 345 g/mol. The van der Waals surface area contributed by atoms with Gasteiger partial charge in [-0.3, -0.25) is 0 Å². The van der Waals surface area contributed by atoms with Gasteiger partial charge in [-0.15, -0.1) is 0 Å². The number of rotatable bonds is 3. The molecule has 2 aromatic rings. The molecule has 0 saturated carbocycles. The summed E-state index contributed by atoms with van der Waals surface area (Å²) in [7, 11) is 0. The fourth-order valence-corrected chi connectivity index (χ4v) is 2.16. The molecule has 3 nitrogen and oxygen atoms in total. The number of nitrogens with one attached hydrogen (secondary N) is 1. The molecule has 1 unspecified atom stereocenters. The highest BCUT2D eigenvalue weighted by molar-refractivity contribution is 9.10. The topological polar surface area (TPSA) is 37.8 Å². The quantitative estimate of drug-likeness (QED) is 0.817. The van der Waals surface area contributed by atoms with Gasteiger partial charge >= 0.3 is 0 Å². The predicted octanol–water partition coefficient (Wildman–Crippen LogP) is 4.72. The van der Waals surface area contributed by atoms with Gasteiger partial charge in [0.15, 0.2) is 0 Å². The summed E-state index contributed by atoms with van der Waals surface area (Å²) in [5.41, 5.74) is 1.07. The van der Waals surface area contributed by atoms with E-state index >= 15 is 0 Å². The first kappa shape index (κ1) is 13.6. The fourth-order valence-electron chi connectivity index (χ4n) is 1.51. The van der Waals surface area contributed by atoms with Crippen molar-refractivity contribution in [3.05, 3.63) is 50.8 Å². The van der Waals surface area contributed by atoms with Crippen LogP contribution in [0.3, 0.4) is 0 Å². The number of hydrogen-bond acceptors (Lipinski definition) is 3. The molecule has 1 heterocycles. The van der Waals surface area contributed by atoms with E-state index in [-0.39, 0.29) is 6.04 Å². The number of hydrogen-bond donors (Lipinski definition) is 1. The molecule has 0 radical (unpaired) electrons. The van der Waals surface area contributed by atoms with E-state index in [1.807, 2.05) is 31.2 Å². The number of aromatic nitrogens is 2. The molecule has 0 aliphatic heterocycles. The third-order valence-corrected chi connectivity index (χ3v) is 3.95. The van der Waals surface area contributed by atoms with Crippen molar-refractivity contribution < 1.29 is 0 Å². The van der Waals surface area contributed by atoms with Gasteiger partial charge in [0.1, 0.15) is 17.3 Å². The molecule has 18 heavy (non-hydrogen) atoms. The molecule has 0 spiro atoms. The highest BCUT2D eigenvalue weighted by Gasteiger charge is 2.11. The zero-order valence-electron chi connectivity index (χ0n) is 9.49. The molecule has 0 fully saturated rings. The highest BCUT2D eigenvalue weighted by atomic mass is 79.9. The van der Waals surface area contributed by atoms with Crippen molar-refractivity contribution >= 4 is 44.9 Å². The fraction of sp³-hybridized carbons (Fsp3) is 0.167. The van der Waals surface area contributed by atoms with Crippen molar-refractivity contribution in [3.63, 3.8) is 0 Å². The Morgan fingerprint density at radius 3 is 2.78 bits per heavy atom. The van der Waals surface area contributed by atoms with E-state index in [0.717, 1.165) is 5.56 Å². The lowest BCUT2D eigenvalue weighted by Crippen LogP contribution is -2.08. The molecule has 0 aliphatic carbocycles.